The number of para-hydroxylation sites is 1. The van der Waals surface area contributed by atoms with Crippen LogP contribution in [0.5, 0.6) is 0 Å². The molecule has 4 rings (SSSR count). The molecule has 33 heavy (non-hydrogen) atoms. The quantitative estimate of drug-likeness (QED) is 0.604. The fraction of sp³-hybridized carbons (Fsp3) is 0.240. The van der Waals surface area contributed by atoms with Gasteiger partial charge in [-0.25, -0.2) is 8.42 Å². The molecular weight excluding hydrogens is 436 g/mol. The maximum absolute atomic E-state index is 12.9. The average Bonchev–Trinajstić information content (AvgIpc) is 2.85. The molecule has 8 heteroatoms. The molecule has 1 amide bonds. The van der Waals surface area contributed by atoms with Crippen LogP contribution >= 0.6 is 0 Å². The highest BCUT2D eigenvalue weighted by atomic mass is 32.2. The van der Waals surface area contributed by atoms with Crippen LogP contribution in [0.15, 0.2) is 83.8 Å². The summed E-state index contributed by atoms with van der Waals surface area (Å²) in [4.78, 5) is 17.4. The number of benzene rings is 3. The third kappa shape index (κ3) is 5.18. The summed E-state index contributed by atoms with van der Waals surface area (Å²) >= 11 is 0. The largest absolute Gasteiger partial charge is 0.369 e. The van der Waals surface area contributed by atoms with Crippen LogP contribution in [0.25, 0.3) is 0 Å². The number of nitrogens with zero attached hydrogens (tertiary/aromatic N) is 3. The molecule has 1 aliphatic heterocycles. The van der Waals surface area contributed by atoms with Crippen LogP contribution in [-0.4, -0.2) is 59.5 Å². The van der Waals surface area contributed by atoms with E-state index < -0.39 is 10.0 Å². The van der Waals surface area contributed by atoms with Gasteiger partial charge in [0, 0.05) is 50.2 Å². The molecule has 0 aromatic heterocycles. The maximum Gasteiger partial charge on any atom is 0.264 e. The number of nitrogens with one attached hydrogen (secondary N) is 1. The predicted octanol–water partition coefficient (Wildman–Crippen LogP) is 3.52. The summed E-state index contributed by atoms with van der Waals surface area (Å²) < 4.78 is 27.0. The molecule has 1 N–H and O–H groups in total. The van der Waals surface area contributed by atoms with E-state index in [-0.39, 0.29) is 10.8 Å². The minimum atomic E-state index is -3.72. The van der Waals surface area contributed by atoms with E-state index >= 15 is 0 Å². The third-order valence-electron chi connectivity index (χ3n) is 5.89. The van der Waals surface area contributed by atoms with E-state index in [9.17, 15) is 13.2 Å². The van der Waals surface area contributed by atoms with Gasteiger partial charge in [0.05, 0.1) is 10.6 Å². The Balaban J connectivity index is 1.41. The third-order valence-corrected chi connectivity index (χ3v) is 7.69. The van der Waals surface area contributed by atoms with Crippen LogP contribution in [0, 0.1) is 0 Å². The highest BCUT2D eigenvalue weighted by Crippen LogP contribution is 2.23. The standard InChI is InChI=1S/C25H28N4O3S/c1-27-16-18-29(19-17-27)23-12-10-21(11-13-23)26-25(30)20-8-14-24(15-9-20)33(31,32)28(2)22-6-4-3-5-7-22/h3-15H,16-19H2,1-2H3,(H,26,30). The summed E-state index contributed by atoms with van der Waals surface area (Å²) in [6, 6.07) is 22.6. The molecule has 0 aliphatic carbocycles. The van der Waals surface area contributed by atoms with Crippen molar-refractivity contribution in [1.29, 1.82) is 0 Å². The first-order chi connectivity index (χ1) is 15.8. The average molecular weight is 465 g/mol. The van der Waals surface area contributed by atoms with Gasteiger partial charge in [0.15, 0.2) is 0 Å². The molecule has 0 atom stereocenters. The number of hydrogen-bond acceptors (Lipinski definition) is 5. The number of piperazine rings is 1. The monoisotopic (exact) mass is 464 g/mol. The molecular formula is C25H28N4O3S. The number of amides is 1. The van der Waals surface area contributed by atoms with Gasteiger partial charge in [0.2, 0.25) is 0 Å². The molecule has 1 heterocycles. The summed E-state index contributed by atoms with van der Waals surface area (Å²) in [6.45, 7) is 4.03. The van der Waals surface area contributed by atoms with Crippen molar-refractivity contribution in [2.24, 2.45) is 0 Å². The van der Waals surface area contributed by atoms with Crippen LogP contribution < -0.4 is 14.5 Å². The number of carbonyl (C=O) groups is 1. The van der Waals surface area contributed by atoms with Crippen LogP contribution in [0.1, 0.15) is 10.4 Å². The Kier molecular flexibility index (Phi) is 6.67. The van der Waals surface area contributed by atoms with Crippen molar-refractivity contribution in [1.82, 2.24) is 4.90 Å². The van der Waals surface area contributed by atoms with Crippen molar-refractivity contribution in [3.8, 4) is 0 Å². The predicted molar refractivity (Wildman–Crippen MR) is 133 cm³/mol. The zero-order valence-electron chi connectivity index (χ0n) is 18.8. The molecule has 1 saturated heterocycles. The van der Waals surface area contributed by atoms with Crippen molar-refractivity contribution < 1.29 is 13.2 Å². The molecule has 0 bridgehead atoms. The van der Waals surface area contributed by atoms with Crippen LogP contribution in [0.3, 0.4) is 0 Å². The topological polar surface area (TPSA) is 73.0 Å². The summed E-state index contributed by atoms with van der Waals surface area (Å²) in [5.74, 6) is -0.289. The molecule has 0 saturated carbocycles. The van der Waals surface area contributed by atoms with E-state index in [1.54, 1.807) is 24.3 Å². The van der Waals surface area contributed by atoms with Gasteiger partial charge in [-0.1, -0.05) is 18.2 Å². The van der Waals surface area contributed by atoms with Gasteiger partial charge < -0.3 is 15.1 Å². The Morgan fingerprint density at radius 3 is 2.06 bits per heavy atom. The molecule has 0 radical (unpaired) electrons. The van der Waals surface area contributed by atoms with E-state index in [0.29, 0.717) is 16.9 Å². The van der Waals surface area contributed by atoms with Crippen LogP contribution in [0.4, 0.5) is 17.1 Å². The van der Waals surface area contributed by atoms with E-state index in [1.807, 2.05) is 30.3 Å². The molecule has 0 unspecified atom stereocenters. The van der Waals surface area contributed by atoms with E-state index in [4.69, 9.17) is 0 Å². The molecule has 3 aromatic rings. The lowest BCUT2D eigenvalue weighted by Gasteiger charge is -2.34. The van der Waals surface area contributed by atoms with Crippen LogP contribution in [-0.2, 0) is 10.0 Å². The number of likely N-dealkylation sites (N-methyl/N-ethyl adjacent to an activating group) is 1. The second-order valence-electron chi connectivity index (χ2n) is 8.12. The minimum absolute atomic E-state index is 0.127. The molecule has 172 valence electrons. The summed E-state index contributed by atoms with van der Waals surface area (Å²) in [6.07, 6.45) is 0. The van der Waals surface area contributed by atoms with Gasteiger partial charge >= 0.3 is 0 Å². The Hall–Kier alpha value is -3.36. The van der Waals surface area contributed by atoms with Gasteiger partial charge in [0.25, 0.3) is 15.9 Å². The van der Waals surface area contributed by atoms with Crippen molar-refractivity contribution >= 4 is 33.0 Å². The fourth-order valence-corrected chi connectivity index (χ4v) is 4.93. The lowest BCUT2D eigenvalue weighted by atomic mass is 10.2. The van der Waals surface area contributed by atoms with Gasteiger partial charge in [0.1, 0.15) is 0 Å². The normalized spacial score (nSPS) is 14.7. The van der Waals surface area contributed by atoms with Crippen molar-refractivity contribution in [3.05, 3.63) is 84.4 Å². The van der Waals surface area contributed by atoms with Crippen molar-refractivity contribution in [2.45, 2.75) is 4.90 Å². The molecule has 0 spiro atoms. The van der Waals surface area contributed by atoms with Gasteiger partial charge in [-0.2, -0.15) is 0 Å². The summed E-state index contributed by atoms with van der Waals surface area (Å²) in [5, 5.41) is 2.88. The van der Waals surface area contributed by atoms with E-state index in [2.05, 4.69) is 22.2 Å². The summed E-state index contributed by atoms with van der Waals surface area (Å²) in [7, 11) is -0.0829. The second-order valence-corrected chi connectivity index (χ2v) is 10.1. The fourth-order valence-electron chi connectivity index (χ4n) is 3.74. The van der Waals surface area contributed by atoms with Crippen LogP contribution in [0.2, 0.25) is 0 Å². The number of carbonyl (C=O) groups excluding carboxylic acids is 1. The minimum Gasteiger partial charge on any atom is -0.369 e. The van der Waals surface area contributed by atoms with Gasteiger partial charge in [-0.3, -0.25) is 9.10 Å². The summed E-state index contributed by atoms with van der Waals surface area (Å²) in [5.41, 5.74) is 2.79. The Morgan fingerprint density at radius 1 is 0.848 bits per heavy atom. The molecule has 7 nitrogen and oxygen atoms in total. The first-order valence-corrected chi connectivity index (χ1v) is 12.3. The lowest BCUT2D eigenvalue weighted by molar-refractivity contribution is 0.102. The Morgan fingerprint density at radius 2 is 1.45 bits per heavy atom. The zero-order chi connectivity index (χ0) is 23.4. The van der Waals surface area contributed by atoms with Gasteiger partial charge in [-0.15, -0.1) is 0 Å². The number of anilines is 3. The molecule has 1 fully saturated rings. The molecule has 1 aliphatic rings. The maximum atomic E-state index is 12.9. The smallest absolute Gasteiger partial charge is 0.264 e. The van der Waals surface area contributed by atoms with E-state index in [1.165, 1.54) is 35.6 Å². The second kappa shape index (κ2) is 9.64. The lowest BCUT2D eigenvalue weighted by Crippen LogP contribution is -2.44. The Bertz CT molecular complexity index is 1190. The number of sulfonamides is 1. The SMILES string of the molecule is CN1CCN(c2ccc(NC(=O)c3ccc(S(=O)(=O)N(C)c4ccccc4)cc3)cc2)CC1. The number of rotatable bonds is 6. The first-order valence-electron chi connectivity index (χ1n) is 10.8. The highest BCUT2D eigenvalue weighted by molar-refractivity contribution is 7.92. The first kappa shape index (κ1) is 22.8. The van der Waals surface area contributed by atoms with E-state index in [0.717, 1.165) is 31.9 Å². The van der Waals surface area contributed by atoms with Crippen molar-refractivity contribution in [3.63, 3.8) is 0 Å². The van der Waals surface area contributed by atoms with Gasteiger partial charge in [-0.05, 0) is 67.7 Å². The molecule has 3 aromatic carbocycles. The van der Waals surface area contributed by atoms with Crippen molar-refractivity contribution in [2.75, 3.05) is 54.8 Å². The zero-order valence-corrected chi connectivity index (χ0v) is 19.6. The highest BCUT2D eigenvalue weighted by Gasteiger charge is 2.21. The Labute approximate surface area is 195 Å². The number of hydrogen-bond donors (Lipinski definition) is 1.